The molecule has 1 aliphatic rings. The highest BCUT2D eigenvalue weighted by molar-refractivity contribution is 5.83. The van der Waals surface area contributed by atoms with Crippen LogP contribution in [0.25, 0.3) is 10.9 Å². The second-order valence-electron chi connectivity index (χ2n) is 9.04. The zero-order valence-corrected chi connectivity index (χ0v) is 20.4. The van der Waals surface area contributed by atoms with Crippen molar-refractivity contribution in [3.63, 3.8) is 0 Å². The number of pyridine rings is 1. The van der Waals surface area contributed by atoms with Gasteiger partial charge in [0.05, 0.1) is 18.7 Å². The maximum atomic E-state index is 13.5. The summed E-state index contributed by atoms with van der Waals surface area (Å²) in [7, 11) is 1.66. The Morgan fingerprint density at radius 2 is 1.83 bits per heavy atom. The van der Waals surface area contributed by atoms with Gasteiger partial charge in [-0.3, -0.25) is 9.69 Å². The quantitative estimate of drug-likeness (QED) is 0.441. The van der Waals surface area contributed by atoms with Crippen molar-refractivity contribution in [2.24, 2.45) is 0 Å². The molecule has 182 valence electrons. The molecule has 2 aromatic carbocycles. The van der Waals surface area contributed by atoms with Crippen molar-refractivity contribution in [3.8, 4) is 0 Å². The zero-order valence-electron chi connectivity index (χ0n) is 20.4. The van der Waals surface area contributed by atoms with E-state index in [0.29, 0.717) is 24.5 Å². The van der Waals surface area contributed by atoms with Crippen LogP contribution in [0, 0.1) is 13.8 Å². The SMILES string of the molecule is COCCn1nnnc1C(c1cc2ccc(C)c(C)c2[nH]c1=O)N1CCN(c2ccccc2)CC1. The van der Waals surface area contributed by atoms with E-state index >= 15 is 0 Å². The van der Waals surface area contributed by atoms with Crippen LogP contribution < -0.4 is 10.5 Å². The number of aromatic amines is 1. The molecular formula is C26H31N7O2. The van der Waals surface area contributed by atoms with Gasteiger partial charge in [-0.15, -0.1) is 5.10 Å². The lowest BCUT2D eigenvalue weighted by atomic mass is 9.99. The predicted octanol–water partition coefficient (Wildman–Crippen LogP) is 2.69. The minimum absolute atomic E-state index is 0.108. The fourth-order valence-corrected chi connectivity index (χ4v) is 4.87. The monoisotopic (exact) mass is 473 g/mol. The van der Waals surface area contributed by atoms with E-state index < -0.39 is 0 Å². The number of para-hydroxylation sites is 1. The van der Waals surface area contributed by atoms with Gasteiger partial charge in [0.25, 0.3) is 5.56 Å². The summed E-state index contributed by atoms with van der Waals surface area (Å²) < 4.78 is 7.02. The number of aryl methyl sites for hydroxylation is 2. The van der Waals surface area contributed by atoms with E-state index in [1.165, 1.54) is 5.69 Å². The zero-order chi connectivity index (χ0) is 24.4. The molecule has 0 radical (unpaired) electrons. The summed E-state index contributed by atoms with van der Waals surface area (Å²) in [5.41, 5.74) is 4.88. The van der Waals surface area contributed by atoms with Crippen LogP contribution in [0.5, 0.6) is 0 Å². The number of aromatic nitrogens is 5. The second-order valence-corrected chi connectivity index (χ2v) is 9.04. The fraction of sp³-hybridized carbons (Fsp3) is 0.385. The smallest absolute Gasteiger partial charge is 0.253 e. The van der Waals surface area contributed by atoms with Crippen LogP contribution in [-0.2, 0) is 11.3 Å². The van der Waals surface area contributed by atoms with Gasteiger partial charge in [-0.25, -0.2) is 4.68 Å². The number of methoxy groups -OCH3 is 1. The lowest BCUT2D eigenvalue weighted by Crippen LogP contribution is -2.49. The number of tetrazole rings is 1. The van der Waals surface area contributed by atoms with Crippen molar-refractivity contribution < 1.29 is 4.74 Å². The van der Waals surface area contributed by atoms with Gasteiger partial charge in [0.1, 0.15) is 6.04 Å². The Labute approximate surface area is 204 Å². The molecule has 1 atom stereocenters. The van der Waals surface area contributed by atoms with Crippen LogP contribution in [0.4, 0.5) is 5.69 Å². The molecule has 5 rings (SSSR count). The number of H-pyrrole nitrogens is 1. The van der Waals surface area contributed by atoms with E-state index in [-0.39, 0.29) is 11.6 Å². The molecule has 0 bridgehead atoms. The van der Waals surface area contributed by atoms with Crippen molar-refractivity contribution in [2.45, 2.75) is 26.4 Å². The highest BCUT2D eigenvalue weighted by Crippen LogP contribution is 2.29. The van der Waals surface area contributed by atoms with Crippen LogP contribution in [0.2, 0.25) is 0 Å². The topological polar surface area (TPSA) is 92.2 Å². The van der Waals surface area contributed by atoms with Gasteiger partial charge in [-0.2, -0.15) is 0 Å². The fourth-order valence-electron chi connectivity index (χ4n) is 4.87. The molecule has 2 aromatic heterocycles. The summed E-state index contributed by atoms with van der Waals surface area (Å²) in [5, 5.41) is 13.6. The average molecular weight is 474 g/mol. The Balaban J connectivity index is 1.54. The molecule has 0 saturated carbocycles. The van der Waals surface area contributed by atoms with Crippen LogP contribution in [0.1, 0.15) is 28.6 Å². The van der Waals surface area contributed by atoms with Crippen molar-refractivity contribution in [1.29, 1.82) is 0 Å². The molecule has 1 N–H and O–H groups in total. The molecule has 4 aromatic rings. The third-order valence-electron chi connectivity index (χ3n) is 6.99. The molecule has 1 saturated heterocycles. The van der Waals surface area contributed by atoms with E-state index in [1.807, 2.05) is 19.1 Å². The maximum Gasteiger partial charge on any atom is 0.253 e. The van der Waals surface area contributed by atoms with Gasteiger partial charge in [0.2, 0.25) is 0 Å². The Kier molecular flexibility index (Phi) is 6.61. The number of hydrogen-bond acceptors (Lipinski definition) is 7. The number of nitrogens with one attached hydrogen (secondary N) is 1. The minimum Gasteiger partial charge on any atom is -0.383 e. The van der Waals surface area contributed by atoms with Crippen LogP contribution in [-0.4, -0.2) is 70.0 Å². The van der Waals surface area contributed by atoms with Crippen molar-refractivity contribution in [2.75, 3.05) is 44.8 Å². The Morgan fingerprint density at radius 1 is 1.06 bits per heavy atom. The van der Waals surface area contributed by atoms with Crippen molar-refractivity contribution in [3.05, 3.63) is 81.4 Å². The van der Waals surface area contributed by atoms with Crippen molar-refractivity contribution >= 4 is 16.6 Å². The minimum atomic E-state index is -0.366. The molecule has 1 fully saturated rings. The summed E-state index contributed by atoms with van der Waals surface area (Å²) >= 11 is 0. The largest absolute Gasteiger partial charge is 0.383 e. The van der Waals surface area contributed by atoms with Gasteiger partial charge >= 0.3 is 0 Å². The van der Waals surface area contributed by atoms with Gasteiger partial charge in [0.15, 0.2) is 5.82 Å². The standard InChI is InChI=1S/C26H31N7O2/c1-18-9-10-20-17-22(26(34)27-23(20)19(18)2)24(25-28-29-30-33(25)15-16-35-3)32-13-11-31(12-14-32)21-7-5-4-6-8-21/h4-10,17,24H,11-16H2,1-3H3,(H,27,34). The number of anilines is 1. The van der Waals surface area contributed by atoms with Gasteiger partial charge in [-0.1, -0.05) is 30.3 Å². The van der Waals surface area contributed by atoms with Crippen LogP contribution >= 0.6 is 0 Å². The van der Waals surface area contributed by atoms with E-state index in [4.69, 9.17) is 4.74 Å². The highest BCUT2D eigenvalue weighted by Gasteiger charge is 2.32. The summed E-state index contributed by atoms with van der Waals surface area (Å²) in [6.45, 7) is 8.36. The van der Waals surface area contributed by atoms with E-state index in [2.05, 4.69) is 73.6 Å². The molecule has 3 heterocycles. The maximum absolute atomic E-state index is 13.5. The van der Waals surface area contributed by atoms with Crippen molar-refractivity contribution in [1.82, 2.24) is 30.1 Å². The number of fused-ring (bicyclic) bond motifs is 1. The van der Waals surface area contributed by atoms with Gasteiger partial charge in [-0.05, 0) is 59.0 Å². The Morgan fingerprint density at radius 3 is 2.57 bits per heavy atom. The summed E-state index contributed by atoms with van der Waals surface area (Å²) in [6.07, 6.45) is 0. The summed E-state index contributed by atoms with van der Waals surface area (Å²) in [6, 6.07) is 16.2. The molecule has 35 heavy (non-hydrogen) atoms. The first-order valence-corrected chi connectivity index (χ1v) is 12.0. The van der Waals surface area contributed by atoms with Gasteiger partial charge in [0, 0.05) is 44.5 Å². The molecule has 0 aliphatic carbocycles. The molecule has 1 aliphatic heterocycles. The third-order valence-corrected chi connectivity index (χ3v) is 6.99. The van der Waals surface area contributed by atoms with E-state index in [9.17, 15) is 4.79 Å². The Bertz CT molecular complexity index is 1360. The normalized spacial score (nSPS) is 15.6. The molecule has 0 spiro atoms. The molecule has 9 heteroatoms. The third kappa shape index (κ3) is 4.56. The lowest BCUT2D eigenvalue weighted by Gasteiger charge is -2.39. The first-order valence-electron chi connectivity index (χ1n) is 12.0. The molecular weight excluding hydrogens is 442 g/mol. The predicted molar refractivity (Wildman–Crippen MR) is 136 cm³/mol. The summed E-state index contributed by atoms with van der Waals surface area (Å²) in [4.78, 5) is 21.3. The first kappa shape index (κ1) is 23.2. The van der Waals surface area contributed by atoms with E-state index in [1.54, 1.807) is 11.8 Å². The second kappa shape index (κ2) is 9.97. The number of rotatable bonds is 7. The van der Waals surface area contributed by atoms with Crippen LogP contribution in [0.15, 0.2) is 53.3 Å². The highest BCUT2D eigenvalue weighted by atomic mass is 16.5. The van der Waals surface area contributed by atoms with Gasteiger partial charge < -0.3 is 14.6 Å². The Hall–Kier alpha value is -3.56. The van der Waals surface area contributed by atoms with E-state index in [0.717, 1.165) is 48.2 Å². The first-order chi connectivity index (χ1) is 17.1. The van der Waals surface area contributed by atoms with Crippen LogP contribution in [0.3, 0.4) is 0 Å². The number of nitrogens with zero attached hydrogens (tertiary/aromatic N) is 6. The summed E-state index contributed by atoms with van der Waals surface area (Å²) in [5.74, 6) is 0.656. The number of benzene rings is 2. The average Bonchev–Trinajstić information content (AvgIpc) is 3.35. The number of hydrogen-bond donors (Lipinski definition) is 1. The molecule has 9 nitrogen and oxygen atoms in total. The lowest BCUT2D eigenvalue weighted by molar-refractivity contribution is 0.171. The molecule has 1 unspecified atom stereocenters. The number of ether oxygens (including phenoxy) is 1. The number of piperazine rings is 1. The molecule has 0 amide bonds.